The minimum atomic E-state index is 0.0463. The summed E-state index contributed by atoms with van der Waals surface area (Å²) in [7, 11) is 0. The van der Waals surface area contributed by atoms with Crippen LogP contribution in [0, 0.1) is 0 Å². The van der Waals surface area contributed by atoms with Crippen molar-refractivity contribution >= 4 is 28.9 Å². The molecule has 1 fully saturated rings. The topological polar surface area (TPSA) is 52.7 Å². The highest BCUT2D eigenvalue weighted by Gasteiger charge is 2.30. The summed E-state index contributed by atoms with van der Waals surface area (Å²) in [4.78, 5) is 28.6. The van der Waals surface area contributed by atoms with E-state index >= 15 is 0 Å². The van der Waals surface area contributed by atoms with Gasteiger partial charge < -0.3 is 15.1 Å². The Morgan fingerprint density at radius 3 is 2.62 bits per heavy atom. The fourth-order valence-electron chi connectivity index (χ4n) is 3.96. The molecule has 5 heteroatoms. The zero-order valence-electron chi connectivity index (χ0n) is 14.9. The van der Waals surface area contributed by atoms with Crippen molar-refractivity contribution < 1.29 is 9.59 Å². The molecule has 5 nitrogen and oxygen atoms in total. The van der Waals surface area contributed by atoms with Crippen molar-refractivity contribution in [1.29, 1.82) is 0 Å². The van der Waals surface area contributed by atoms with E-state index in [9.17, 15) is 9.59 Å². The van der Waals surface area contributed by atoms with Gasteiger partial charge in [0.05, 0.1) is 17.9 Å². The molecule has 0 radical (unpaired) electrons. The number of rotatable bonds is 4. The molecule has 134 valence electrons. The van der Waals surface area contributed by atoms with Crippen LogP contribution in [0.5, 0.6) is 0 Å². The number of hydrogen-bond acceptors (Lipinski definition) is 3. The van der Waals surface area contributed by atoms with E-state index in [2.05, 4.69) is 18.3 Å². The smallest absolute Gasteiger partial charge is 0.246 e. The maximum absolute atomic E-state index is 12.9. The van der Waals surface area contributed by atoms with Crippen LogP contribution >= 0.6 is 0 Å². The molecular formula is C21H23N3O2. The number of anilines is 3. The summed E-state index contributed by atoms with van der Waals surface area (Å²) in [5.41, 5.74) is 3.92. The summed E-state index contributed by atoms with van der Waals surface area (Å²) in [5.74, 6) is 0.192. The molecule has 0 spiro atoms. The third-order valence-electron chi connectivity index (χ3n) is 5.17. The molecule has 1 saturated heterocycles. The van der Waals surface area contributed by atoms with Crippen LogP contribution in [0.2, 0.25) is 0 Å². The first-order chi connectivity index (χ1) is 12.6. The van der Waals surface area contributed by atoms with Crippen LogP contribution in [0.25, 0.3) is 0 Å². The zero-order valence-corrected chi connectivity index (χ0v) is 14.9. The molecule has 2 aliphatic rings. The number of fused-ring (bicyclic) bond motifs is 1. The molecule has 2 aromatic carbocycles. The van der Waals surface area contributed by atoms with Gasteiger partial charge in [0.15, 0.2) is 0 Å². The van der Waals surface area contributed by atoms with Gasteiger partial charge in [0.25, 0.3) is 0 Å². The van der Waals surface area contributed by atoms with Crippen molar-refractivity contribution in [3.63, 3.8) is 0 Å². The molecule has 2 aromatic rings. The van der Waals surface area contributed by atoms with Crippen LogP contribution in [-0.2, 0) is 16.0 Å². The predicted octanol–water partition coefficient (Wildman–Crippen LogP) is 3.20. The Morgan fingerprint density at radius 2 is 1.85 bits per heavy atom. The molecule has 1 atom stereocenters. The molecule has 0 saturated carbocycles. The number of nitrogens with zero attached hydrogens (tertiary/aromatic N) is 2. The van der Waals surface area contributed by atoms with Gasteiger partial charge in [-0.3, -0.25) is 9.59 Å². The van der Waals surface area contributed by atoms with Gasteiger partial charge in [-0.1, -0.05) is 30.3 Å². The van der Waals surface area contributed by atoms with Crippen molar-refractivity contribution in [2.24, 2.45) is 0 Å². The molecule has 2 amide bonds. The van der Waals surface area contributed by atoms with Gasteiger partial charge in [-0.2, -0.15) is 0 Å². The second-order valence-corrected chi connectivity index (χ2v) is 6.97. The molecule has 1 N–H and O–H groups in total. The number of amides is 2. The first kappa shape index (κ1) is 16.6. The number of carbonyl (C=O) groups excluding carboxylic acids is 2. The average Bonchev–Trinajstić information content (AvgIpc) is 3.22. The number of nitrogens with one attached hydrogen (secondary N) is 1. The highest BCUT2D eigenvalue weighted by atomic mass is 16.2. The van der Waals surface area contributed by atoms with E-state index in [1.54, 1.807) is 4.90 Å². The van der Waals surface area contributed by atoms with E-state index in [0.717, 1.165) is 36.4 Å². The summed E-state index contributed by atoms with van der Waals surface area (Å²) in [5, 5.41) is 3.25. The lowest BCUT2D eigenvalue weighted by Gasteiger charge is -2.24. The molecule has 26 heavy (non-hydrogen) atoms. The predicted molar refractivity (Wildman–Crippen MR) is 104 cm³/mol. The fraction of sp³-hybridized carbons (Fsp3) is 0.333. The van der Waals surface area contributed by atoms with Gasteiger partial charge in [0.2, 0.25) is 11.8 Å². The van der Waals surface area contributed by atoms with Gasteiger partial charge >= 0.3 is 0 Å². The van der Waals surface area contributed by atoms with Crippen molar-refractivity contribution in [3.05, 3.63) is 54.1 Å². The van der Waals surface area contributed by atoms with E-state index in [4.69, 9.17) is 0 Å². The first-order valence-electron chi connectivity index (χ1n) is 9.18. The SMILES string of the molecule is C[C@H]1Cc2ccccc2N1C(=O)CNc1ccccc1N1CCCC1=O. The quantitative estimate of drug-likeness (QED) is 0.922. The molecule has 4 rings (SSSR count). The highest BCUT2D eigenvalue weighted by Crippen LogP contribution is 2.32. The van der Waals surface area contributed by atoms with E-state index in [1.807, 2.05) is 47.4 Å². The van der Waals surface area contributed by atoms with E-state index in [0.29, 0.717) is 6.42 Å². The molecule has 2 heterocycles. The summed E-state index contributed by atoms with van der Waals surface area (Å²) in [6.45, 7) is 3.02. The fourth-order valence-corrected chi connectivity index (χ4v) is 3.96. The van der Waals surface area contributed by atoms with Crippen molar-refractivity contribution in [2.45, 2.75) is 32.2 Å². The number of benzene rings is 2. The third-order valence-corrected chi connectivity index (χ3v) is 5.17. The Bertz CT molecular complexity index is 849. The highest BCUT2D eigenvalue weighted by molar-refractivity contribution is 6.01. The molecular weight excluding hydrogens is 326 g/mol. The molecule has 0 aliphatic carbocycles. The van der Waals surface area contributed by atoms with Crippen molar-refractivity contribution in [1.82, 2.24) is 0 Å². The first-order valence-corrected chi connectivity index (χ1v) is 9.18. The van der Waals surface area contributed by atoms with E-state index < -0.39 is 0 Å². The van der Waals surface area contributed by atoms with Crippen LogP contribution in [0.15, 0.2) is 48.5 Å². The standard InChI is InChI=1S/C21H23N3O2/c1-15-13-16-7-2-4-9-18(16)24(15)21(26)14-22-17-8-3-5-10-19(17)23-12-6-11-20(23)25/h2-5,7-10,15,22H,6,11-14H2,1H3/t15-/m0/s1. The Morgan fingerprint density at radius 1 is 1.12 bits per heavy atom. The lowest BCUT2D eigenvalue weighted by molar-refractivity contribution is -0.117. The van der Waals surface area contributed by atoms with Gasteiger partial charge in [-0.05, 0) is 43.5 Å². The Labute approximate surface area is 153 Å². The van der Waals surface area contributed by atoms with Crippen molar-refractivity contribution in [3.8, 4) is 0 Å². The number of para-hydroxylation sites is 3. The monoisotopic (exact) mass is 349 g/mol. The second kappa shape index (κ2) is 6.83. The maximum Gasteiger partial charge on any atom is 0.246 e. The molecule has 0 bridgehead atoms. The Kier molecular flexibility index (Phi) is 4.37. The Hall–Kier alpha value is -2.82. The zero-order chi connectivity index (χ0) is 18.1. The van der Waals surface area contributed by atoms with Gasteiger partial charge in [0, 0.05) is 24.7 Å². The summed E-state index contributed by atoms with van der Waals surface area (Å²) in [6, 6.07) is 15.9. The summed E-state index contributed by atoms with van der Waals surface area (Å²) >= 11 is 0. The normalized spacial score (nSPS) is 19.0. The van der Waals surface area contributed by atoms with Crippen LogP contribution in [0.3, 0.4) is 0 Å². The van der Waals surface area contributed by atoms with Gasteiger partial charge in [-0.25, -0.2) is 0 Å². The minimum Gasteiger partial charge on any atom is -0.374 e. The Balaban J connectivity index is 1.50. The van der Waals surface area contributed by atoms with Gasteiger partial charge in [0.1, 0.15) is 0 Å². The minimum absolute atomic E-state index is 0.0463. The van der Waals surface area contributed by atoms with Crippen molar-refractivity contribution in [2.75, 3.05) is 28.2 Å². The lowest BCUT2D eigenvalue weighted by Crippen LogP contribution is -2.39. The van der Waals surface area contributed by atoms with Crippen LogP contribution in [0.1, 0.15) is 25.3 Å². The third kappa shape index (κ3) is 2.94. The van der Waals surface area contributed by atoms with Gasteiger partial charge in [-0.15, -0.1) is 0 Å². The summed E-state index contributed by atoms with van der Waals surface area (Å²) in [6.07, 6.45) is 2.37. The number of carbonyl (C=O) groups is 2. The van der Waals surface area contributed by atoms with E-state index in [1.165, 1.54) is 5.56 Å². The largest absolute Gasteiger partial charge is 0.374 e. The molecule has 2 aliphatic heterocycles. The number of hydrogen-bond donors (Lipinski definition) is 1. The molecule has 0 unspecified atom stereocenters. The lowest BCUT2D eigenvalue weighted by atomic mass is 10.1. The van der Waals surface area contributed by atoms with E-state index in [-0.39, 0.29) is 24.4 Å². The summed E-state index contributed by atoms with van der Waals surface area (Å²) < 4.78 is 0. The maximum atomic E-state index is 12.9. The van der Waals surface area contributed by atoms with Crippen LogP contribution in [-0.4, -0.2) is 30.9 Å². The van der Waals surface area contributed by atoms with Crippen LogP contribution in [0.4, 0.5) is 17.1 Å². The average molecular weight is 349 g/mol. The van der Waals surface area contributed by atoms with Crippen LogP contribution < -0.4 is 15.1 Å². The second-order valence-electron chi connectivity index (χ2n) is 6.97. The molecule has 0 aromatic heterocycles.